The number of urea groups is 1. The molecule has 178 valence electrons. The number of nitrogens with zero attached hydrogens (tertiary/aromatic N) is 2. The van der Waals surface area contributed by atoms with Crippen molar-refractivity contribution in [3.05, 3.63) is 65.1 Å². The standard InChI is InChI=1S/C25H28FN5O3/c1-30(2)24(33)20-13-15-9-10-19(21(26)22(15)29-20)17-6-3-4-11-31(14-17)25(34)28-18-8-5-7-16(12-18)23(27)32/h5,7-10,12-13,17,29H,3-4,6,11,14H2,1-2H3,(H2,27,32)(H,28,34). The quantitative estimate of drug-likeness (QED) is 0.543. The van der Waals surface area contributed by atoms with E-state index < -0.39 is 11.7 Å². The van der Waals surface area contributed by atoms with Crippen LogP contribution in [-0.4, -0.2) is 59.8 Å². The number of H-pyrrole nitrogens is 1. The summed E-state index contributed by atoms with van der Waals surface area (Å²) >= 11 is 0. The summed E-state index contributed by atoms with van der Waals surface area (Å²) in [4.78, 5) is 42.7. The monoisotopic (exact) mass is 465 g/mol. The number of amides is 4. The Hall–Kier alpha value is -3.88. The first kappa shape index (κ1) is 23.3. The van der Waals surface area contributed by atoms with Crippen LogP contribution in [0.2, 0.25) is 0 Å². The number of hydrogen-bond acceptors (Lipinski definition) is 3. The van der Waals surface area contributed by atoms with Gasteiger partial charge in [0.05, 0.1) is 5.52 Å². The van der Waals surface area contributed by atoms with Crippen LogP contribution in [0.1, 0.15) is 51.6 Å². The number of hydrogen-bond donors (Lipinski definition) is 3. The zero-order chi connectivity index (χ0) is 24.4. The number of rotatable bonds is 4. The minimum absolute atomic E-state index is 0.189. The molecule has 2 heterocycles. The van der Waals surface area contributed by atoms with Crippen LogP contribution in [0.3, 0.4) is 0 Å². The van der Waals surface area contributed by atoms with Gasteiger partial charge < -0.3 is 25.8 Å². The van der Waals surface area contributed by atoms with Crippen LogP contribution < -0.4 is 11.1 Å². The molecule has 1 saturated heterocycles. The van der Waals surface area contributed by atoms with Crippen LogP contribution in [-0.2, 0) is 0 Å². The van der Waals surface area contributed by atoms with E-state index in [1.165, 1.54) is 11.0 Å². The van der Waals surface area contributed by atoms with Gasteiger partial charge in [0.25, 0.3) is 5.91 Å². The lowest BCUT2D eigenvalue weighted by Crippen LogP contribution is -2.37. The number of nitrogens with one attached hydrogen (secondary N) is 2. The van der Waals surface area contributed by atoms with Gasteiger partial charge in [0, 0.05) is 49.7 Å². The van der Waals surface area contributed by atoms with Crippen LogP contribution in [0.4, 0.5) is 14.9 Å². The molecule has 1 fully saturated rings. The highest BCUT2D eigenvalue weighted by Gasteiger charge is 2.27. The molecular formula is C25H28FN5O3. The third-order valence-electron chi connectivity index (χ3n) is 6.20. The molecule has 0 saturated carbocycles. The molecule has 1 aliphatic heterocycles. The number of anilines is 1. The van der Waals surface area contributed by atoms with Gasteiger partial charge in [-0.1, -0.05) is 24.6 Å². The van der Waals surface area contributed by atoms with E-state index in [-0.39, 0.29) is 17.9 Å². The molecule has 4 N–H and O–H groups in total. The zero-order valence-electron chi connectivity index (χ0n) is 19.2. The number of likely N-dealkylation sites (tertiary alicyclic amines) is 1. The van der Waals surface area contributed by atoms with Gasteiger partial charge in [0.1, 0.15) is 5.69 Å². The molecule has 9 heteroatoms. The molecule has 4 rings (SSSR count). The van der Waals surface area contributed by atoms with Crippen molar-refractivity contribution in [2.75, 3.05) is 32.5 Å². The highest BCUT2D eigenvalue weighted by Crippen LogP contribution is 2.32. The van der Waals surface area contributed by atoms with Crippen molar-refractivity contribution in [1.29, 1.82) is 0 Å². The molecule has 34 heavy (non-hydrogen) atoms. The lowest BCUT2D eigenvalue weighted by atomic mass is 9.93. The summed E-state index contributed by atoms with van der Waals surface area (Å²) in [5, 5.41) is 3.44. The Morgan fingerprint density at radius 3 is 2.68 bits per heavy atom. The molecule has 0 spiro atoms. The fourth-order valence-electron chi connectivity index (χ4n) is 4.39. The summed E-state index contributed by atoms with van der Waals surface area (Å²) in [6, 6.07) is 11.3. The second-order valence-electron chi connectivity index (χ2n) is 8.83. The number of fused-ring (bicyclic) bond motifs is 1. The first-order chi connectivity index (χ1) is 16.2. The van der Waals surface area contributed by atoms with E-state index >= 15 is 4.39 Å². The second kappa shape index (κ2) is 9.54. The molecule has 8 nitrogen and oxygen atoms in total. The number of carbonyl (C=O) groups excluding carboxylic acids is 3. The second-order valence-corrected chi connectivity index (χ2v) is 8.83. The number of benzene rings is 2. The van der Waals surface area contributed by atoms with Crippen LogP contribution in [0.5, 0.6) is 0 Å². The summed E-state index contributed by atoms with van der Waals surface area (Å²) in [5.74, 6) is -1.38. The number of aromatic amines is 1. The molecule has 0 aliphatic carbocycles. The van der Waals surface area contributed by atoms with Crippen LogP contribution >= 0.6 is 0 Å². The van der Waals surface area contributed by atoms with Gasteiger partial charge >= 0.3 is 6.03 Å². The lowest BCUT2D eigenvalue weighted by molar-refractivity contribution is 0.0822. The highest BCUT2D eigenvalue weighted by atomic mass is 19.1. The van der Waals surface area contributed by atoms with Crippen LogP contribution in [0.25, 0.3) is 10.9 Å². The van der Waals surface area contributed by atoms with E-state index in [1.807, 2.05) is 0 Å². The summed E-state index contributed by atoms with van der Waals surface area (Å²) in [6.07, 6.45) is 2.41. The van der Waals surface area contributed by atoms with E-state index in [4.69, 9.17) is 5.73 Å². The molecule has 1 aliphatic rings. The number of nitrogens with two attached hydrogens (primary N) is 1. The summed E-state index contributed by atoms with van der Waals surface area (Å²) in [7, 11) is 3.29. The van der Waals surface area contributed by atoms with Gasteiger partial charge in [-0.25, -0.2) is 9.18 Å². The molecular weight excluding hydrogens is 437 g/mol. The number of carbonyl (C=O) groups is 3. The minimum atomic E-state index is -0.573. The van der Waals surface area contributed by atoms with Crippen molar-refractivity contribution in [2.24, 2.45) is 5.73 Å². The zero-order valence-corrected chi connectivity index (χ0v) is 19.2. The van der Waals surface area contributed by atoms with Gasteiger partial charge in [0.15, 0.2) is 5.82 Å². The molecule has 4 amide bonds. The summed E-state index contributed by atoms with van der Waals surface area (Å²) < 4.78 is 15.5. The molecule has 1 aromatic heterocycles. The molecule has 0 radical (unpaired) electrons. The van der Waals surface area contributed by atoms with Crippen molar-refractivity contribution < 1.29 is 18.8 Å². The molecule has 1 unspecified atom stereocenters. The van der Waals surface area contributed by atoms with E-state index in [1.54, 1.807) is 55.4 Å². The Bertz CT molecular complexity index is 1250. The smallest absolute Gasteiger partial charge is 0.321 e. The highest BCUT2D eigenvalue weighted by molar-refractivity contribution is 5.98. The van der Waals surface area contributed by atoms with E-state index in [2.05, 4.69) is 10.3 Å². The Morgan fingerprint density at radius 2 is 1.94 bits per heavy atom. The molecule has 2 aromatic carbocycles. The van der Waals surface area contributed by atoms with Crippen molar-refractivity contribution >= 4 is 34.4 Å². The first-order valence-electron chi connectivity index (χ1n) is 11.2. The molecule has 3 aromatic rings. The average Bonchev–Trinajstić information content (AvgIpc) is 3.10. The third-order valence-corrected chi connectivity index (χ3v) is 6.20. The SMILES string of the molecule is CN(C)C(=O)c1cc2ccc(C3CCCCN(C(=O)Nc4cccc(C(N)=O)c4)C3)c(F)c2[nH]1. The van der Waals surface area contributed by atoms with Crippen LogP contribution in [0, 0.1) is 5.82 Å². The Balaban J connectivity index is 1.56. The van der Waals surface area contributed by atoms with Gasteiger partial charge in [-0.15, -0.1) is 0 Å². The van der Waals surface area contributed by atoms with E-state index in [9.17, 15) is 14.4 Å². The summed E-state index contributed by atoms with van der Waals surface area (Å²) in [6.45, 7) is 0.902. The topological polar surface area (TPSA) is 112 Å². The number of aromatic nitrogens is 1. The van der Waals surface area contributed by atoms with Gasteiger partial charge in [-0.05, 0) is 42.7 Å². The Labute approximate surface area is 196 Å². The Kier molecular flexibility index (Phi) is 6.54. The number of halogens is 1. The van der Waals surface area contributed by atoms with Crippen molar-refractivity contribution in [1.82, 2.24) is 14.8 Å². The average molecular weight is 466 g/mol. The van der Waals surface area contributed by atoms with Crippen molar-refractivity contribution in [2.45, 2.75) is 25.2 Å². The van der Waals surface area contributed by atoms with E-state index in [0.717, 1.165) is 19.3 Å². The Morgan fingerprint density at radius 1 is 1.15 bits per heavy atom. The maximum absolute atomic E-state index is 15.5. The predicted octanol–water partition coefficient (Wildman–Crippen LogP) is 3.91. The van der Waals surface area contributed by atoms with Gasteiger partial charge in [0.2, 0.25) is 5.91 Å². The van der Waals surface area contributed by atoms with Crippen LogP contribution in [0.15, 0.2) is 42.5 Å². The minimum Gasteiger partial charge on any atom is -0.366 e. The molecule has 0 bridgehead atoms. The van der Waals surface area contributed by atoms with Gasteiger partial charge in [-0.2, -0.15) is 0 Å². The fourth-order valence-corrected chi connectivity index (χ4v) is 4.39. The first-order valence-corrected chi connectivity index (χ1v) is 11.2. The summed E-state index contributed by atoms with van der Waals surface area (Å²) in [5.41, 5.74) is 7.25. The van der Waals surface area contributed by atoms with E-state index in [0.29, 0.717) is 46.5 Å². The lowest BCUT2D eigenvalue weighted by Gasteiger charge is -2.25. The normalized spacial score (nSPS) is 16.2. The maximum atomic E-state index is 15.5. The van der Waals surface area contributed by atoms with Gasteiger partial charge in [-0.3, -0.25) is 9.59 Å². The van der Waals surface area contributed by atoms with Crippen molar-refractivity contribution in [3.8, 4) is 0 Å². The predicted molar refractivity (Wildman–Crippen MR) is 128 cm³/mol. The largest absolute Gasteiger partial charge is 0.366 e. The number of primary amides is 1. The fraction of sp³-hybridized carbons (Fsp3) is 0.320. The van der Waals surface area contributed by atoms with Crippen molar-refractivity contribution in [3.63, 3.8) is 0 Å². The molecule has 1 atom stereocenters. The third kappa shape index (κ3) is 4.73. The maximum Gasteiger partial charge on any atom is 0.321 e.